The zero-order chi connectivity index (χ0) is 23.3. The lowest BCUT2D eigenvalue weighted by atomic mass is 9.78. The zero-order valence-corrected chi connectivity index (χ0v) is 19.2. The van der Waals surface area contributed by atoms with Gasteiger partial charge in [-0.2, -0.15) is 0 Å². The van der Waals surface area contributed by atoms with Gasteiger partial charge >= 0.3 is 0 Å². The van der Waals surface area contributed by atoms with Gasteiger partial charge in [-0.15, -0.1) is 0 Å². The third-order valence-electron chi connectivity index (χ3n) is 8.00. The first-order chi connectivity index (χ1) is 16.6. The normalized spacial score (nSPS) is 29.1. The first kappa shape index (κ1) is 21.3. The molecule has 2 bridgehead atoms. The maximum Gasteiger partial charge on any atom is 0.272 e. The molecule has 8 nitrogen and oxygen atoms in total. The van der Waals surface area contributed by atoms with E-state index >= 15 is 0 Å². The Morgan fingerprint density at radius 3 is 2.71 bits per heavy atom. The van der Waals surface area contributed by atoms with E-state index in [2.05, 4.69) is 15.2 Å². The number of aromatic nitrogens is 1. The second kappa shape index (κ2) is 8.20. The fourth-order valence-corrected chi connectivity index (χ4v) is 6.57. The lowest BCUT2D eigenvalue weighted by molar-refractivity contribution is -0.139. The van der Waals surface area contributed by atoms with Gasteiger partial charge in [0.1, 0.15) is 11.2 Å². The molecule has 3 saturated heterocycles. The number of anilines is 1. The fraction of sp³-hybridized carbons (Fsp3) is 0.462. The topological polar surface area (TPSA) is 85.9 Å². The van der Waals surface area contributed by atoms with Crippen LogP contribution in [0, 0.1) is 5.92 Å². The summed E-state index contributed by atoms with van der Waals surface area (Å²) in [6, 6.07) is 13.4. The molecule has 1 aromatic heterocycles. The number of amides is 3. The number of hydrogen-bond donors (Lipinski definition) is 1. The first-order valence-electron chi connectivity index (χ1n) is 12.3. The van der Waals surface area contributed by atoms with Crippen molar-refractivity contribution in [1.29, 1.82) is 0 Å². The molecule has 4 aliphatic heterocycles. The molecule has 2 aromatic rings. The fourth-order valence-electron chi connectivity index (χ4n) is 6.57. The minimum absolute atomic E-state index is 0.0240. The monoisotopic (exact) mass is 459 g/mol. The molecule has 0 saturated carbocycles. The van der Waals surface area contributed by atoms with Gasteiger partial charge in [-0.05, 0) is 50.4 Å². The zero-order valence-electron chi connectivity index (χ0n) is 19.2. The standard InChI is InChI=1S/C26H29N5O3/c32-23-20-17-18-7-5-14-31(18)26(20)19-8-1-2-10-22(19)30(25(26)34)16-15-29(13-6-12-28-23)24(33)21-9-3-4-11-27-21/h1-4,8-11,18,20H,5-7,12-17H2,(H,28,32)/t18-,20-,26+/m0/s1. The van der Waals surface area contributed by atoms with Crippen LogP contribution in [0.15, 0.2) is 48.7 Å². The molecular formula is C26H29N5O3. The van der Waals surface area contributed by atoms with Crippen LogP contribution in [0.2, 0.25) is 0 Å². The van der Waals surface area contributed by atoms with Gasteiger partial charge in [-0.1, -0.05) is 24.3 Å². The smallest absolute Gasteiger partial charge is 0.272 e. The largest absolute Gasteiger partial charge is 0.356 e. The van der Waals surface area contributed by atoms with E-state index in [-0.39, 0.29) is 23.8 Å². The van der Waals surface area contributed by atoms with E-state index in [1.807, 2.05) is 29.2 Å². The minimum atomic E-state index is -0.948. The molecule has 6 rings (SSSR count). The highest BCUT2D eigenvalue weighted by atomic mass is 16.2. The van der Waals surface area contributed by atoms with E-state index in [9.17, 15) is 14.4 Å². The van der Waals surface area contributed by atoms with Gasteiger partial charge in [0.15, 0.2) is 0 Å². The molecular weight excluding hydrogens is 430 g/mol. The number of fused-ring (bicyclic) bond motifs is 4. The van der Waals surface area contributed by atoms with Crippen molar-refractivity contribution < 1.29 is 14.4 Å². The van der Waals surface area contributed by atoms with Crippen LogP contribution in [0.1, 0.15) is 41.7 Å². The molecule has 1 spiro atoms. The quantitative estimate of drug-likeness (QED) is 0.703. The number of carbonyl (C=O) groups is 3. The third kappa shape index (κ3) is 3.01. The van der Waals surface area contributed by atoms with Gasteiger partial charge in [-0.25, -0.2) is 0 Å². The molecule has 0 unspecified atom stereocenters. The number of hydrogen-bond acceptors (Lipinski definition) is 5. The van der Waals surface area contributed by atoms with Crippen molar-refractivity contribution in [1.82, 2.24) is 20.1 Å². The van der Waals surface area contributed by atoms with Gasteiger partial charge in [0.05, 0.1) is 5.92 Å². The van der Waals surface area contributed by atoms with Crippen LogP contribution in [-0.4, -0.2) is 71.3 Å². The lowest BCUT2D eigenvalue weighted by Gasteiger charge is -2.37. The van der Waals surface area contributed by atoms with E-state index in [1.54, 1.807) is 29.3 Å². The maximum atomic E-state index is 14.3. The van der Waals surface area contributed by atoms with Crippen molar-refractivity contribution in [3.05, 3.63) is 59.9 Å². The first-order valence-corrected chi connectivity index (χ1v) is 12.3. The Morgan fingerprint density at radius 2 is 1.85 bits per heavy atom. The van der Waals surface area contributed by atoms with Crippen LogP contribution in [0.3, 0.4) is 0 Å². The predicted molar refractivity (Wildman–Crippen MR) is 126 cm³/mol. The maximum absolute atomic E-state index is 14.3. The van der Waals surface area contributed by atoms with Crippen LogP contribution in [0.5, 0.6) is 0 Å². The van der Waals surface area contributed by atoms with Crippen LogP contribution in [-0.2, 0) is 15.1 Å². The van der Waals surface area contributed by atoms with E-state index in [0.29, 0.717) is 44.7 Å². The number of rotatable bonds is 1. The molecule has 1 N–H and O–H groups in total. The molecule has 176 valence electrons. The summed E-state index contributed by atoms with van der Waals surface area (Å²) in [4.78, 5) is 51.1. The minimum Gasteiger partial charge on any atom is -0.356 e. The third-order valence-corrected chi connectivity index (χ3v) is 8.00. The van der Waals surface area contributed by atoms with Gasteiger partial charge in [0.25, 0.3) is 11.8 Å². The summed E-state index contributed by atoms with van der Waals surface area (Å²) in [5.74, 6) is -0.634. The summed E-state index contributed by atoms with van der Waals surface area (Å²) < 4.78 is 0. The Labute approximate surface area is 198 Å². The van der Waals surface area contributed by atoms with Crippen LogP contribution < -0.4 is 10.2 Å². The van der Waals surface area contributed by atoms with Crippen LogP contribution in [0.25, 0.3) is 0 Å². The molecule has 0 aliphatic carbocycles. The summed E-state index contributed by atoms with van der Waals surface area (Å²) in [6.07, 6.45) is 5.04. The Morgan fingerprint density at radius 1 is 1.00 bits per heavy atom. The van der Waals surface area contributed by atoms with Crippen molar-refractivity contribution in [2.45, 2.75) is 37.3 Å². The molecule has 0 radical (unpaired) electrons. The number of carbonyl (C=O) groups excluding carboxylic acids is 3. The Balaban J connectivity index is 1.40. The van der Waals surface area contributed by atoms with Gasteiger partial charge in [-0.3, -0.25) is 24.3 Å². The highest BCUT2D eigenvalue weighted by molar-refractivity contribution is 6.11. The Hall–Kier alpha value is -3.26. The molecule has 8 heteroatoms. The average molecular weight is 460 g/mol. The van der Waals surface area contributed by atoms with Crippen molar-refractivity contribution in [2.75, 3.05) is 37.6 Å². The lowest BCUT2D eigenvalue weighted by Crippen LogP contribution is -2.57. The highest BCUT2D eigenvalue weighted by Crippen LogP contribution is 2.56. The summed E-state index contributed by atoms with van der Waals surface area (Å²) in [5, 5.41) is 3.10. The molecule has 3 fully saturated rings. The van der Waals surface area contributed by atoms with Crippen LogP contribution in [0.4, 0.5) is 5.69 Å². The van der Waals surface area contributed by atoms with E-state index in [0.717, 1.165) is 30.6 Å². The summed E-state index contributed by atoms with van der Waals surface area (Å²) in [7, 11) is 0. The summed E-state index contributed by atoms with van der Waals surface area (Å²) >= 11 is 0. The van der Waals surface area contributed by atoms with Crippen LogP contribution >= 0.6 is 0 Å². The number of pyridine rings is 1. The van der Waals surface area contributed by atoms with Crippen molar-refractivity contribution in [2.24, 2.45) is 5.92 Å². The molecule has 34 heavy (non-hydrogen) atoms. The van der Waals surface area contributed by atoms with Crippen molar-refractivity contribution in [3.8, 4) is 0 Å². The number of benzene rings is 1. The SMILES string of the molecule is O=C1NCCCN(C(=O)c2ccccn2)CCN2C(=O)[C@@]3(c4ccccc42)[C@H]1C[C@@H]1CCCN13. The van der Waals surface area contributed by atoms with Gasteiger partial charge < -0.3 is 15.1 Å². The Kier molecular flexibility index (Phi) is 5.13. The van der Waals surface area contributed by atoms with E-state index in [1.165, 1.54) is 0 Å². The van der Waals surface area contributed by atoms with Gasteiger partial charge in [0, 0.05) is 49.7 Å². The summed E-state index contributed by atoms with van der Waals surface area (Å²) in [5.41, 5.74) is 1.24. The Bertz CT molecular complexity index is 1140. The highest BCUT2D eigenvalue weighted by Gasteiger charge is 2.67. The molecule has 3 amide bonds. The van der Waals surface area contributed by atoms with E-state index in [4.69, 9.17) is 0 Å². The van der Waals surface area contributed by atoms with Crippen molar-refractivity contribution in [3.63, 3.8) is 0 Å². The average Bonchev–Trinajstić information content (AvgIpc) is 3.52. The number of para-hydroxylation sites is 1. The molecule has 4 aliphatic rings. The number of nitrogens with one attached hydrogen (secondary N) is 1. The molecule has 3 atom stereocenters. The summed E-state index contributed by atoms with van der Waals surface area (Å²) in [6.45, 7) is 2.59. The molecule has 5 heterocycles. The van der Waals surface area contributed by atoms with E-state index < -0.39 is 11.5 Å². The van der Waals surface area contributed by atoms with Crippen molar-refractivity contribution >= 4 is 23.4 Å². The van der Waals surface area contributed by atoms with Gasteiger partial charge in [0.2, 0.25) is 5.91 Å². The second-order valence-electron chi connectivity index (χ2n) is 9.67. The number of nitrogens with zero attached hydrogens (tertiary/aromatic N) is 4. The predicted octanol–water partition coefficient (Wildman–Crippen LogP) is 1.77. The second-order valence-corrected chi connectivity index (χ2v) is 9.67. The molecule has 1 aromatic carbocycles.